The van der Waals surface area contributed by atoms with E-state index in [1.54, 1.807) is 0 Å². The molecule has 0 heterocycles. The van der Waals surface area contributed by atoms with Crippen molar-refractivity contribution < 1.29 is 0 Å². The molecule has 0 saturated carbocycles. The fourth-order valence-electron chi connectivity index (χ4n) is 4.25. The quantitative estimate of drug-likeness (QED) is 0.205. The summed E-state index contributed by atoms with van der Waals surface area (Å²) in [4.78, 5) is 0. The second-order valence-corrected chi connectivity index (χ2v) is 8.52. The molecule has 32 heavy (non-hydrogen) atoms. The number of hydrogen-bond donors (Lipinski definition) is 0. The van der Waals surface area contributed by atoms with Gasteiger partial charge in [0.15, 0.2) is 0 Å². The van der Waals surface area contributed by atoms with E-state index >= 15 is 0 Å². The molecule has 0 heteroatoms. The lowest BCUT2D eigenvalue weighted by Crippen LogP contribution is -1.82. The number of aryl methyl sites for hydroxylation is 2. The van der Waals surface area contributed by atoms with Crippen LogP contribution in [0.15, 0.2) is 97.1 Å². The second kappa shape index (κ2) is 8.69. The average Bonchev–Trinajstić information content (AvgIpc) is 2.81. The van der Waals surface area contributed by atoms with Crippen LogP contribution in [-0.2, 0) is 0 Å². The summed E-state index contributed by atoms with van der Waals surface area (Å²) in [5, 5.41) is 5.13. The van der Waals surface area contributed by atoms with Crippen molar-refractivity contribution in [1.82, 2.24) is 0 Å². The molecule has 0 fully saturated rings. The highest BCUT2D eigenvalue weighted by Gasteiger charge is 2.02. The Kier molecular flexibility index (Phi) is 5.44. The molecule has 5 aromatic rings. The SMILES string of the molecule is Cc1cccc(C=Cc2ccc3c(ccc4cc(C=Cc5cccc(C)c5)ccc43)c2)c1. The van der Waals surface area contributed by atoms with Gasteiger partial charge in [0.05, 0.1) is 0 Å². The summed E-state index contributed by atoms with van der Waals surface area (Å²) in [6.07, 6.45) is 8.75. The predicted molar refractivity (Wildman–Crippen MR) is 142 cm³/mol. The summed E-state index contributed by atoms with van der Waals surface area (Å²) in [6.45, 7) is 4.25. The molecule has 0 aliphatic rings. The Labute approximate surface area is 190 Å². The monoisotopic (exact) mass is 410 g/mol. The second-order valence-electron chi connectivity index (χ2n) is 8.52. The van der Waals surface area contributed by atoms with Crippen molar-refractivity contribution in [2.45, 2.75) is 13.8 Å². The van der Waals surface area contributed by atoms with Crippen LogP contribution in [0.1, 0.15) is 33.4 Å². The number of rotatable bonds is 4. The third-order valence-corrected chi connectivity index (χ3v) is 5.90. The van der Waals surface area contributed by atoms with Crippen molar-refractivity contribution in [1.29, 1.82) is 0 Å². The maximum atomic E-state index is 2.27. The summed E-state index contributed by atoms with van der Waals surface area (Å²) in [7, 11) is 0. The van der Waals surface area contributed by atoms with Crippen molar-refractivity contribution >= 4 is 45.8 Å². The summed E-state index contributed by atoms with van der Waals surface area (Å²) < 4.78 is 0. The molecule has 0 aliphatic heterocycles. The van der Waals surface area contributed by atoms with Gasteiger partial charge in [-0.3, -0.25) is 0 Å². The van der Waals surface area contributed by atoms with Gasteiger partial charge in [-0.25, -0.2) is 0 Å². The van der Waals surface area contributed by atoms with Gasteiger partial charge in [0.25, 0.3) is 0 Å². The molecular formula is C32H26. The highest BCUT2D eigenvalue weighted by Crippen LogP contribution is 2.28. The lowest BCUT2D eigenvalue weighted by molar-refractivity contribution is 1.46. The summed E-state index contributed by atoms with van der Waals surface area (Å²) in [6, 6.07) is 35.1. The Morgan fingerprint density at radius 3 is 1.22 bits per heavy atom. The van der Waals surface area contributed by atoms with Crippen LogP contribution in [0.4, 0.5) is 0 Å². The minimum Gasteiger partial charge on any atom is -0.0614 e. The summed E-state index contributed by atoms with van der Waals surface area (Å²) in [5.74, 6) is 0. The number of hydrogen-bond acceptors (Lipinski definition) is 0. The zero-order valence-corrected chi connectivity index (χ0v) is 18.5. The molecule has 0 spiro atoms. The van der Waals surface area contributed by atoms with Gasteiger partial charge in [-0.2, -0.15) is 0 Å². The number of benzene rings is 5. The van der Waals surface area contributed by atoms with Crippen LogP contribution >= 0.6 is 0 Å². The smallest absolute Gasteiger partial charge is 0.0105 e. The molecule has 154 valence electrons. The highest BCUT2D eigenvalue weighted by molar-refractivity contribution is 6.08. The lowest BCUT2D eigenvalue weighted by Gasteiger charge is -2.06. The minimum atomic E-state index is 1.22. The third-order valence-electron chi connectivity index (χ3n) is 5.90. The van der Waals surface area contributed by atoms with E-state index in [9.17, 15) is 0 Å². The first-order chi connectivity index (χ1) is 15.6. The zero-order valence-electron chi connectivity index (χ0n) is 18.5. The van der Waals surface area contributed by atoms with E-state index in [2.05, 4.69) is 135 Å². The Balaban J connectivity index is 1.44. The van der Waals surface area contributed by atoms with Crippen LogP contribution in [0, 0.1) is 13.8 Å². The fraction of sp³-hybridized carbons (Fsp3) is 0.0625. The normalized spacial score (nSPS) is 11.8. The van der Waals surface area contributed by atoms with Gasteiger partial charge in [-0.15, -0.1) is 0 Å². The van der Waals surface area contributed by atoms with Gasteiger partial charge in [0, 0.05) is 0 Å². The molecular weight excluding hydrogens is 384 g/mol. The minimum absolute atomic E-state index is 1.22. The molecule has 0 aliphatic carbocycles. The molecule has 0 unspecified atom stereocenters. The average molecular weight is 411 g/mol. The summed E-state index contributed by atoms with van der Waals surface area (Å²) >= 11 is 0. The molecule has 0 aromatic heterocycles. The van der Waals surface area contributed by atoms with Crippen molar-refractivity contribution in [3.63, 3.8) is 0 Å². The fourth-order valence-corrected chi connectivity index (χ4v) is 4.25. The standard InChI is InChI=1S/C32H26/c1-23-5-3-7-25(19-23)9-11-27-13-17-31-29(21-27)15-16-30-22-28(14-18-32(30)31)12-10-26-8-4-6-24(2)20-26/h3-22H,1-2H3. The Hall–Kier alpha value is -3.90. The first-order valence-electron chi connectivity index (χ1n) is 11.1. The zero-order chi connectivity index (χ0) is 21.9. The van der Waals surface area contributed by atoms with Gasteiger partial charge in [0.2, 0.25) is 0 Å². The van der Waals surface area contributed by atoms with Gasteiger partial charge in [-0.1, -0.05) is 120 Å². The Morgan fingerprint density at radius 2 is 0.812 bits per heavy atom. The van der Waals surface area contributed by atoms with E-state index in [0.717, 1.165) is 0 Å². The van der Waals surface area contributed by atoms with E-state index in [1.807, 2.05) is 0 Å². The van der Waals surface area contributed by atoms with Crippen LogP contribution in [0.25, 0.3) is 45.8 Å². The van der Waals surface area contributed by atoms with E-state index in [-0.39, 0.29) is 0 Å². The van der Waals surface area contributed by atoms with Gasteiger partial charge in [0.1, 0.15) is 0 Å². The maximum absolute atomic E-state index is 2.27. The van der Waals surface area contributed by atoms with Gasteiger partial charge in [-0.05, 0) is 69.8 Å². The van der Waals surface area contributed by atoms with Crippen molar-refractivity contribution in [3.8, 4) is 0 Å². The molecule has 0 saturated heterocycles. The van der Waals surface area contributed by atoms with Crippen molar-refractivity contribution in [2.75, 3.05) is 0 Å². The molecule has 5 aromatic carbocycles. The largest absolute Gasteiger partial charge is 0.0614 e. The topological polar surface area (TPSA) is 0 Å². The van der Waals surface area contributed by atoms with E-state index in [0.29, 0.717) is 0 Å². The third kappa shape index (κ3) is 4.40. The number of fused-ring (bicyclic) bond motifs is 3. The van der Waals surface area contributed by atoms with Gasteiger partial charge < -0.3 is 0 Å². The van der Waals surface area contributed by atoms with E-state index in [1.165, 1.54) is 54.9 Å². The molecule has 0 nitrogen and oxygen atoms in total. The van der Waals surface area contributed by atoms with Crippen LogP contribution in [0.3, 0.4) is 0 Å². The summed E-state index contributed by atoms with van der Waals surface area (Å²) in [5.41, 5.74) is 7.47. The lowest BCUT2D eigenvalue weighted by atomic mass is 9.98. The first-order valence-corrected chi connectivity index (χ1v) is 11.1. The predicted octanol–water partition coefficient (Wildman–Crippen LogP) is 8.95. The first kappa shape index (κ1) is 20.0. The van der Waals surface area contributed by atoms with E-state index < -0.39 is 0 Å². The van der Waals surface area contributed by atoms with Crippen molar-refractivity contribution in [2.24, 2.45) is 0 Å². The molecule has 0 bridgehead atoms. The molecule has 0 N–H and O–H groups in total. The Bertz CT molecular complexity index is 1370. The van der Waals surface area contributed by atoms with Crippen LogP contribution in [-0.4, -0.2) is 0 Å². The van der Waals surface area contributed by atoms with Gasteiger partial charge >= 0.3 is 0 Å². The van der Waals surface area contributed by atoms with Crippen LogP contribution in [0.5, 0.6) is 0 Å². The van der Waals surface area contributed by atoms with E-state index in [4.69, 9.17) is 0 Å². The Morgan fingerprint density at radius 1 is 0.406 bits per heavy atom. The molecule has 0 amide bonds. The molecule has 0 radical (unpaired) electrons. The van der Waals surface area contributed by atoms with Crippen LogP contribution < -0.4 is 0 Å². The van der Waals surface area contributed by atoms with Crippen molar-refractivity contribution in [3.05, 3.63) is 130 Å². The maximum Gasteiger partial charge on any atom is -0.0105 e. The molecule has 0 atom stereocenters. The highest BCUT2D eigenvalue weighted by atomic mass is 14.1. The molecule has 5 rings (SSSR count). The van der Waals surface area contributed by atoms with Crippen LogP contribution in [0.2, 0.25) is 0 Å².